The molecular weight excluding hydrogens is 350 g/mol. The zero-order valence-electron chi connectivity index (χ0n) is 12.5. The van der Waals surface area contributed by atoms with Gasteiger partial charge in [0.1, 0.15) is 0 Å². The number of rotatable bonds is 7. The van der Waals surface area contributed by atoms with E-state index in [9.17, 15) is 0 Å². The molecule has 0 bridgehead atoms. The molecule has 1 N–H and O–H groups in total. The predicted molar refractivity (Wildman–Crippen MR) is 91.7 cm³/mol. The first-order valence-electron chi connectivity index (χ1n) is 6.99. The van der Waals surface area contributed by atoms with Gasteiger partial charge in [0.05, 0.1) is 19.3 Å². The van der Waals surface area contributed by atoms with Crippen LogP contribution in [0.2, 0.25) is 0 Å². The Balaban J connectivity index is 2.45. The minimum atomic E-state index is 0.125. The van der Waals surface area contributed by atoms with Crippen molar-refractivity contribution < 1.29 is 9.47 Å². The highest BCUT2D eigenvalue weighted by Gasteiger charge is 2.19. The van der Waals surface area contributed by atoms with E-state index in [0.29, 0.717) is 13.2 Å². The van der Waals surface area contributed by atoms with Crippen LogP contribution in [0, 0.1) is 0 Å². The Morgan fingerprint density at radius 3 is 2.38 bits per heavy atom. The fourth-order valence-electron chi connectivity index (χ4n) is 2.25. The highest BCUT2D eigenvalue weighted by atomic mass is 79.9. The lowest BCUT2D eigenvalue weighted by Crippen LogP contribution is -2.17. The molecule has 114 valence electrons. The lowest BCUT2D eigenvalue weighted by molar-refractivity contribution is 0.287. The van der Waals surface area contributed by atoms with E-state index in [1.165, 1.54) is 5.56 Å². The molecule has 1 unspecified atom stereocenters. The van der Waals surface area contributed by atoms with Gasteiger partial charge in [-0.15, -0.1) is 0 Å². The van der Waals surface area contributed by atoms with Crippen molar-refractivity contribution in [2.24, 2.45) is 0 Å². The van der Waals surface area contributed by atoms with Crippen molar-refractivity contribution in [3.8, 4) is 11.5 Å². The molecule has 0 radical (unpaired) electrons. The molecule has 0 aliphatic carbocycles. The molecule has 0 aliphatic heterocycles. The number of halogens is 1. The summed E-state index contributed by atoms with van der Waals surface area (Å²) in [6.07, 6.45) is 0. The lowest BCUT2D eigenvalue weighted by atomic mass is 10.0. The third-order valence-corrected chi connectivity index (χ3v) is 4.53. The molecule has 2 aromatic rings. The van der Waals surface area contributed by atoms with Crippen LogP contribution >= 0.6 is 27.3 Å². The largest absolute Gasteiger partial charge is 0.490 e. The average Bonchev–Trinajstić information content (AvgIpc) is 2.98. The molecule has 5 heteroatoms. The van der Waals surface area contributed by atoms with Crippen LogP contribution < -0.4 is 14.8 Å². The Hall–Kier alpha value is -1.04. The SMILES string of the molecule is CCOc1cc(Br)c(C(NC)c2ccsc2)cc1OCC. The summed E-state index contributed by atoms with van der Waals surface area (Å²) in [6.45, 7) is 5.18. The zero-order valence-corrected chi connectivity index (χ0v) is 14.9. The summed E-state index contributed by atoms with van der Waals surface area (Å²) in [5, 5.41) is 7.61. The van der Waals surface area contributed by atoms with Crippen LogP contribution in [0.5, 0.6) is 11.5 Å². The monoisotopic (exact) mass is 369 g/mol. The summed E-state index contributed by atoms with van der Waals surface area (Å²) in [4.78, 5) is 0. The second-order valence-electron chi connectivity index (χ2n) is 4.46. The summed E-state index contributed by atoms with van der Waals surface area (Å²) in [7, 11) is 1.96. The Morgan fingerprint density at radius 1 is 1.19 bits per heavy atom. The summed E-state index contributed by atoms with van der Waals surface area (Å²) in [5.41, 5.74) is 2.39. The van der Waals surface area contributed by atoms with Crippen molar-refractivity contribution in [1.29, 1.82) is 0 Å². The zero-order chi connectivity index (χ0) is 15.2. The van der Waals surface area contributed by atoms with Gasteiger partial charge in [0.15, 0.2) is 11.5 Å². The number of hydrogen-bond donors (Lipinski definition) is 1. The Bertz CT molecular complexity index is 572. The van der Waals surface area contributed by atoms with Crippen molar-refractivity contribution in [3.05, 3.63) is 44.6 Å². The van der Waals surface area contributed by atoms with Gasteiger partial charge in [-0.3, -0.25) is 0 Å². The molecule has 0 aliphatic rings. The minimum absolute atomic E-state index is 0.125. The molecule has 0 amide bonds. The van der Waals surface area contributed by atoms with Crippen molar-refractivity contribution in [1.82, 2.24) is 5.32 Å². The summed E-state index contributed by atoms with van der Waals surface area (Å²) in [5.74, 6) is 1.56. The van der Waals surface area contributed by atoms with E-state index in [1.807, 2.05) is 27.0 Å². The molecular formula is C16H20BrNO2S. The number of nitrogens with one attached hydrogen (secondary N) is 1. The van der Waals surface area contributed by atoms with Crippen LogP contribution in [0.25, 0.3) is 0 Å². The van der Waals surface area contributed by atoms with E-state index in [-0.39, 0.29) is 6.04 Å². The van der Waals surface area contributed by atoms with Gasteiger partial charge >= 0.3 is 0 Å². The second kappa shape index (κ2) is 7.82. The fourth-order valence-corrected chi connectivity index (χ4v) is 3.49. The molecule has 1 atom stereocenters. The maximum absolute atomic E-state index is 5.73. The molecule has 0 spiro atoms. The standard InChI is InChI=1S/C16H20BrNO2S/c1-4-19-14-8-12(13(17)9-15(14)20-5-2)16(18-3)11-6-7-21-10-11/h6-10,16,18H,4-5H2,1-3H3. The number of benzene rings is 1. The summed E-state index contributed by atoms with van der Waals surface area (Å²) < 4.78 is 12.4. The molecule has 1 aromatic carbocycles. The van der Waals surface area contributed by atoms with Crippen molar-refractivity contribution in [2.75, 3.05) is 20.3 Å². The quantitative estimate of drug-likeness (QED) is 0.772. The second-order valence-corrected chi connectivity index (χ2v) is 6.10. The first kappa shape index (κ1) is 16.3. The van der Waals surface area contributed by atoms with Crippen molar-refractivity contribution in [3.63, 3.8) is 0 Å². The first-order valence-corrected chi connectivity index (χ1v) is 8.73. The van der Waals surface area contributed by atoms with Crippen LogP contribution in [-0.2, 0) is 0 Å². The summed E-state index contributed by atoms with van der Waals surface area (Å²) in [6, 6.07) is 6.30. The van der Waals surface area contributed by atoms with E-state index in [0.717, 1.165) is 21.5 Å². The van der Waals surface area contributed by atoms with Gasteiger partial charge in [-0.05, 0) is 61.0 Å². The number of hydrogen-bond acceptors (Lipinski definition) is 4. The molecule has 0 fully saturated rings. The molecule has 0 saturated carbocycles. The van der Waals surface area contributed by atoms with Crippen molar-refractivity contribution in [2.45, 2.75) is 19.9 Å². The summed E-state index contributed by atoms with van der Waals surface area (Å²) >= 11 is 5.36. The van der Waals surface area contributed by atoms with Crippen LogP contribution in [0.15, 0.2) is 33.4 Å². The average molecular weight is 370 g/mol. The van der Waals surface area contributed by atoms with Crippen LogP contribution in [0.3, 0.4) is 0 Å². The van der Waals surface area contributed by atoms with Gasteiger partial charge in [-0.25, -0.2) is 0 Å². The highest BCUT2D eigenvalue weighted by molar-refractivity contribution is 9.10. The van der Waals surface area contributed by atoms with Crippen molar-refractivity contribution >= 4 is 27.3 Å². The smallest absolute Gasteiger partial charge is 0.162 e. The van der Waals surface area contributed by atoms with Gasteiger partial charge in [-0.2, -0.15) is 11.3 Å². The Morgan fingerprint density at radius 2 is 1.86 bits per heavy atom. The lowest BCUT2D eigenvalue weighted by Gasteiger charge is -2.20. The van der Waals surface area contributed by atoms with Crippen LogP contribution in [0.4, 0.5) is 0 Å². The molecule has 0 saturated heterocycles. The first-order chi connectivity index (χ1) is 10.2. The van der Waals surface area contributed by atoms with E-state index in [2.05, 4.69) is 44.1 Å². The van der Waals surface area contributed by atoms with E-state index < -0.39 is 0 Å². The maximum atomic E-state index is 5.73. The van der Waals surface area contributed by atoms with Gasteiger partial charge < -0.3 is 14.8 Å². The third-order valence-electron chi connectivity index (χ3n) is 3.14. The molecule has 1 aromatic heterocycles. The van der Waals surface area contributed by atoms with E-state index in [4.69, 9.17) is 9.47 Å². The molecule has 2 rings (SSSR count). The van der Waals surface area contributed by atoms with Gasteiger partial charge in [0, 0.05) is 4.47 Å². The minimum Gasteiger partial charge on any atom is -0.490 e. The van der Waals surface area contributed by atoms with Gasteiger partial charge in [0.2, 0.25) is 0 Å². The highest BCUT2D eigenvalue weighted by Crippen LogP contribution is 2.38. The molecule has 3 nitrogen and oxygen atoms in total. The predicted octanol–water partition coefficient (Wildman–Crippen LogP) is 4.62. The number of thiophene rings is 1. The Labute approximate surface area is 138 Å². The normalized spacial score (nSPS) is 12.2. The number of ether oxygens (including phenoxy) is 2. The van der Waals surface area contributed by atoms with Crippen LogP contribution in [0.1, 0.15) is 31.0 Å². The van der Waals surface area contributed by atoms with Gasteiger partial charge in [0.25, 0.3) is 0 Å². The van der Waals surface area contributed by atoms with E-state index in [1.54, 1.807) is 11.3 Å². The molecule has 21 heavy (non-hydrogen) atoms. The van der Waals surface area contributed by atoms with Gasteiger partial charge in [-0.1, -0.05) is 15.9 Å². The maximum Gasteiger partial charge on any atom is 0.162 e. The topological polar surface area (TPSA) is 30.5 Å². The fraction of sp³-hybridized carbons (Fsp3) is 0.375. The van der Waals surface area contributed by atoms with Crippen LogP contribution in [-0.4, -0.2) is 20.3 Å². The van der Waals surface area contributed by atoms with E-state index >= 15 is 0 Å². The molecule has 1 heterocycles. The Kier molecular flexibility index (Phi) is 6.08. The third kappa shape index (κ3) is 3.78.